The minimum atomic E-state index is -1.65. The zero-order valence-electron chi connectivity index (χ0n) is 12.8. The molecule has 0 aliphatic heterocycles. The third kappa shape index (κ3) is 12.2. The Morgan fingerprint density at radius 2 is 1.55 bits per heavy atom. The SMILES string of the molecule is CC(C)(C)[NH-].C[Si](C)=[Zr]([Cl])[Cl].c1ccc2[cH-]ccc2c1. The molecule has 0 radical (unpaired) electrons. The summed E-state index contributed by atoms with van der Waals surface area (Å²) in [6.45, 7) is 9.89. The average Bonchev–Trinajstić information content (AvgIpc) is 2.75. The van der Waals surface area contributed by atoms with Gasteiger partial charge >= 0.3 is 53.5 Å². The van der Waals surface area contributed by atoms with Crippen molar-refractivity contribution in [2.75, 3.05) is 0 Å². The number of halogens is 2. The molecule has 0 fully saturated rings. The Kier molecular flexibility index (Phi) is 10.5. The van der Waals surface area contributed by atoms with Crippen molar-refractivity contribution in [3.8, 4) is 0 Å². The first-order valence-corrected chi connectivity index (χ1v) is 19.0. The van der Waals surface area contributed by atoms with E-state index in [1.165, 1.54) is 10.8 Å². The molecule has 0 aliphatic rings. The van der Waals surface area contributed by atoms with Crippen molar-refractivity contribution in [2.45, 2.75) is 39.4 Å². The molecule has 5 heteroatoms. The summed E-state index contributed by atoms with van der Waals surface area (Å²) >= 11 is -1.65. The summed E-state index contributed by atoms with van der Waals surface area (Å²) in [5, 5.41) is 2.66. The number of hydrogen-bond acceptors (Lipinski definition) is 0. The zero-order valence-corrected chi connectivity index (χ0v) is 17.8. The molecule has 2 aromatic carbocycles. The van der Waals surface area contributed by atoms with Crippen molar-refractivity contribution < 1.29 is 18.0 Å². The summed E-state index contributed by atoms with van der Waals surface area (Å²) in [6, 6.07) is 14.7. The van der Waals surface area contributed by atoms with Crippen LogP contribution < -0.4 is 0 Å². The van der Waals surface area contributed by atoms with Gasteiger partial charge in [-0.05, 0) is 0 Å². The van der Waals surface area contributed by atoms with Crippen LogP contribution in [0, 0.1) is 0 Å². The Morgan fingerprint density at radius 3 is 1.95 bits per heavy atom. The molecule has 0 aliphatic carbocycles. The van der Waals surface area contributed by atoms with Crippen LogP contribution in [-0.4, -0.2) is 11.0 Å². The zero-order chi connectivity index (χ0) is 15.8. The molecule has 0 amide bonds. The Labute approximate surface area is 138 Å². The monoisotopic (exact) mass is 405 g/mol. The van der Waals surface area contributed by atoms with Gasteiger partial charge in [-0.3, -0.25) is 0 Å². The molecule has 112 valence electrons. The van der Waals surface area contributed by atoms with Crippen LogP contribution in [-0.2, 0) is 18.0 Å². The number of rotatable bonds is 0. The van der Waals surface area contributed by atoms with E-state index in [0.29, 0.717) is 0 Å². The van der Waals surface area contributed by atoms with Crippen LogP contribution in [0.3, 0.4) is 0 Å². The van der Waals surface area contributed by atoms with E-state index in [1.807, 2.05) is 20.8 Å². The molecule has 0 spiro atoms. The summed E-state index contributed by atoms with van der Waals surface area (Å²) in [5.74, 6) is 0. The quantitative estimate of drug-likeness (QED) is 0.349. The summed E-state index contributed by atoms with van der Waals surface area (Å²) in [4.78, 5) is 0. The van der Waals surface area contributed by atoms with Crippen molar-refractivity contribution in [2.24, 2.45) is 0 Å². The topological polar surface area (TPSA) is 23.8 Å². The van der Waals surface area contributed by atoms with Gasteiger partial charge in [-0.1, -0.05) is 26.8 Å². The Balaban J connectivity index is 0.000000291. The van der Waals surface area contributed by atoms with Crippen LogP contribution in [0.25, 0.3) is 16.5 Å². The molecule has 1 nitrogen and oxygen atoms in total. The Morgan fingerprint density at radius 1 is 1.10 bits per heavy atom. The van der Waals surface area contributed by atoms with Gasteiger partial charge in [0.25, 0.3) is 0 Å². The van der Waals surface area contributed by atoms with Crippen LogP contribution in [0.5, 0.6) is 0 Å². The third-order valence-corrected chi connectivity index (χ3v) is 21.7. The standard InChI is InChI=1S/C9H7.C4H10N.C2H6Si.2ClH.Zr/c1-2-5-9-7-3-6-8(9)4-1;1-4(2,3)5;1-3-2;;;/h1-7H;5H,1-3H3;1-2H3;2*1H;/q2*-1;;;;+2/p-2. The molecule has 0 aromatic heterocycles. The van der Waals surface area contributed by atoms with Crippen LogP contribution in [0.2, 0.25) is 13.1 Å². The summed E-state index contributed by atoms with van der Waals surface area (Å²) in [6.07, 6.45) is 0. The maximum atomic E-state index is 6.94. The van der Waals surface area contributed by atoms with E-state index < -0.39 is 18.0 Å². The smallest absolute Gasteiger partial charge is 0.0809 e. The van der Waals surface area contributed by atoms with Crippen molar-refractivity contribution in [3.05, 3.63) is 48.2 Å². The molecule has 0 saturated carbocycles. The summed E-state index contributed by atoms with van der Waals surface area (Å²) in [5.41, 5.74) is 6.46. The van der Waals surface area contributed by atoms with Crippen LogP contribution in [0.15, 0.2) is 42.5 Å². The minimum absolute atomic E-state index is 0.224. The van der Waals surface area contributed by atoms with Gasteiger partial charge in [0.1, 0.15) is 0 Å². The minimum Gasteiger partial charge on any atom is -0.168 e. The molecule has 20 heavy (non-hydrogen) atoms. The van der Waals surface area contributed by atoms with E-state index in [-0.39, 0.29) is 11.0 Å². The van der Waals surface area contributed by atoms with Gasteiger partial charge in [-0.2, -0.15) is 17.5 Å². The first kappa shape index (κ1) is 20.5. The number of hydrogen-bond donors (Lipinski definition) is 0. The van der Waals surface area contributed by atoms with E-state index in [4.69, 9.17) is 22.8 Å². The number of fused-ring (bicyclic) bond motifs is 1. The first-order chi connectivity index (χ1) is 9.11. The molecule has 0 saturated heterocycles. The van der Waals surface area contributed by atoms with Gasteiger partial charge in [0.15, 0.2) is 0 Å². The van der Waals surface area contributed by atoms with E-state index in [2.05, 4.69) is 55.6 Å². The second-order valence-electron chi connectivity index (χ2n) is 5.67. The van der Waals surface area contributed by atoms with Crippen LogP contribution >= 0.6 is 17.0 Å². The molecule has 0 bridgehead atoms. The van der Waals surface area contributed by atoms with Gasteiger partial charge in [0, 0.05) is 0 Å². The second kappa shape index (κ2) is 10.2. The first-order valence-electron chi connectivity index (χ1n) is 6.45. The second-order valence-corrected chi connectivity index (χ2v) is 28.6. The van der Waals surface area contributed by atoms with Crippen molar-refractivity contribution in [3.63, 3.8) is 0 Å². The van der Waals surface area contributed by atoms with Crippen molar-refractivity contribution >= 4 is 33.2 Å². The van der Waals surface area contributed by atoms with Gasteiger partial charge in [0.2, 0.25) is 0 Å². The van der Waals surface area contributed by atoms with E-state index in [0.717, 1.165) is 0 Å². The summed E-state index contributed by atoms with van der Waals surface area (Å²) in [7, 11) is 11.2. The fourth-order valence-electron chi connectivity index (χ4n) is 1.07. The summed E-state index contributed by atoms with van der Waals surface area (Å²) < 4.78 is 0. The number of nitrogens with one attached hydrogen (secondary N) is 1. The largest absolute Gasteiger partial charge is 0.168 e. The molecule has 0 atom stereocenters. The van der Waals surface area contributed by atoms with Gasteiger partial charge in [-0.15, -0.1) is 35.2 Å². The third-order valence-electron chi connectivity index (χ3n) is 1.93. The fraction of sp³-hybridized carbons (Fsp3) is 0.400. The van der Waals surface area contributed by atoms with Gasteiger partial charge < -0.3 is 5.73 Å². The van der Waals surface area contributed by atoms with Gasteiger partial charge in [0.05, 0.1) is 0 Å². The van der Waals surface area contributed by atoms with E-state index >= 15 is 0 Å². The van der Waals surface area contributed by atoms with Crippen LogP contribution in [0.4, 0.5) is 0 Å². The van der Waals surface area contributed by atoms with E-state index in [9.17, 15) is 0 Å². The Bertz CT molecular complexity index is 490. The van der Waals surface area contributed by atoms with Crippen molar-refractivity contribution in [1.29, 1.82) is 0 Å². The predicted octanol–water partition coefficient (Wildman–Crippen LogP) is 6.56. The average molecular weight is 408 g/mol. The van der Waals surface area contributed by atoms with Crippen LogP contribution in [0.1, 0.15) is 20.8 Å². The molecular weight excluding hydrogens is 384 g/mol. The molecule has 1 N–H and O–H groups in total. The molecular formula is C15H23Cl2NSiZr-2. The Hall–Kier alpha value is 0.470. The molecule has 0 unspecified atom stereocenters. The van der Waals surface area contributed by atoms with Gasteiger partial charge in [-0.25, -0.2) is 0 Å². The normalized spacial score (nSPS) is 10.0. The molecule has 2 rings (SSSR count). The van der Waals surface area contributed by atoms with E-state index in [1.54, 1.807) is 0 Å². The molecule has 2 aromatic rings. The predicted molar refractivity (Wildman–Crippen MR) is 92.8 cm³/mol. The molecule has 0 heterocycles. The van der Waals surface area contributed by atoms with Crippen molar-refractivity contribution in [1.82, 2.24) is 0 Å². The maximum Gasteiger partial charge on any atom is -0.0809 e. The maximum absolute atomic E-state index is 6.94. The number of benzene rings is 1. The fourth-order valence-corrected chi connectivity index (χ4v) is 1.07.